The molecule has 1 heterocycles. The molecule has 1 aliphatic heterocycles. The molecule has 0 bridgehead atoms. The molecule has 12 heavy (non-hydrogen) atoms. The Kier molecular flexibility index (Phi) is 2.27. The normalized spacial score (nSPS) is 17.2. The third kappa shape index (κ3) is 1.71. The second-order valence-corrected chi connectivity index (χ2v) is 2.25. The first-order valence-corrected chi connectivity index (χ1v) is 3.40. The minimum atomic E-state index is -0.694. The van der Waals surface area contributed by atoms with E-state index in [4.69, 9.17) is 0 Å². The summed E-state index contributed by atoms with van der Waals surface area (Å²) in [6.45, 7) is 1.41. The fourth-order valence-corrected chi connectivity index (χ4v) is 0.784. The van der Waals surface area contributed by atoms with Crippen LogP contribution in [0.5, 0.6) is 0 Å². The Morgan fingerprint density at radius 2 is 2.25 bits per heavy atom. The quantitative estimate of drug-likeness (QED) is 0.573. The number of amides is 3. The molecule has 6 heteroatoms. The van der Waals surface area contributed by atoms with Gasteiger partial charge in [-0.2, -0.15) is 0 Å². The summed E-state index contributed by atoms with van der Waals surface area (Å²) in [5.74, 6) is -1.20. The number of hydrogen-bond acceptors (Lipinski definition) is 4. The molecule has 0 aromatic heterocycles. The van der Waals surface area contributed by atoms with Crippen LogP contribution in [0.15, 0.2) is 0 Å². The van der Waals surface area contributed by atoms with Gasteiger partial charge in [0.1, 0.15) is 0 Å². The molecule has 0 aromatic rings. The lowest BCUT2D eigenvalue weighted by Gasteiger charge is -2.22. The van der Waals surface area contributed by atoms with Gasteiger partial charge in [-0.15, -0.1) is 0 Å². The van der Waals surface area contributed by atoms with Crippen molar-refractivity contribution in [2.45, 2.75) is 13.3 Å². The van der Waals surface area contributed by atoms with Crippen LogP contribution in [0.2, 0.25) is 0 Å². The zero-order valence-corrected chi connectivity index (χ0v) is 6.49. The van der Waals surface area contributed by atoms with E-state index in [2.05, 4.69) is 10.2 Å². The topological polar surface area (TPSA) is 75.7 Å². The van der Waals surface area contributed by atoms with Crippen molar-refractivity contribution < 1.29 is 19.2 Å². The first-order valence-electron chi connectivity index (χ1n) is 3.40. The average Bonchev–Trinajstić information content (AvgIpc) is 1.97. The van der Waals surface area contributed by atoms with Crippen LogP contribution in [-0.2, 0) is 14.4 Å². The second-order valence-electron chi connectivity index (χ2n) is 2.25. The summed E-state index contributed by atoms with van der Waals surface area (Å²) in [6.07, 6.45) is 0.152. The second kappa shape index (κ2) is 3.21. The minimum absolute atomic E-state index is 0.152. The van der Waals surface area contributed by atoms with E-state index < -0.39 is 17.9 Å². The van der Waals surface area contributed by atoms with Crippen LogP contribution in [0.3, 0.4) is 0 Å². The summed E-state index contributed by atoms with van der Waals surface area (Å²) in [5.41, 5.74) is 0. The number of carbonyl (C=O) groups excluding carboxylic acids is 3. The summed E-state index contributed by atoms with van der Waals surface area (Å²) in [7, 11) is 0. The van der Waals surface area contributed by atoms with E-state index >= 15 is 0 Å². The molecule has 0 unspecified atom stereocenters. The maximum atomic E-state index is 10.9. The maximum Gasteiger partial charge on any atom is 0.358 e. The SMILES string of the molecule is CC(=O)ON1C(=O)CCNC1=O. The number of nitrogens with zero attached hydrogens (tertiary/aromatic N) is 1. The van der Waals surface area contributed by atoms with Crippen molar-refractivity contribution in [2.24, 2.45) is 0 Å². The molecule has 1 rings (SSSR count). The predicted octanol–water partition coefficient (Wildman–Crippen LogP) is -0.594. The molecular formula is C6H8N2O4. The number of hydroxylamine groups is 2. The van der Waals surface area contributed by atoms with Crippen molar-refractivity contribution in [1.29, 1.82) is 0 Å². The van der Waals surface area contributed by atoms with Gasteiger partial charge in [0.15, 0.2) is 0 Å². The molecular weight excluding hydrogens is 164 g/mol. The van der Waals surface area contributed by atoms with Crippen LogP contribution in [0.4, 0.5) is 4.79 Å². The van der Waals surface area contributed by atoms with E-state index in [1.807, 2.05) is 0 Å². The lowest BCUT2D eigenvalue weighted by molar-refractivity contribution is -0.185. The molecule has 66 valence electrons. The highest BCUT2D eigenvalue weighted by atomic mass is 16.7. The number of imide groups is 1. The first kappa shape index (κ1) is 8.51. The highest BCUT2D eigenvalue weighted by Crippen LogP contribution is 2.01. The molecule has 0 aliphatic carbocycles. The summed E-state index contributed by atoms with van der Waals surface area (Å²) in [6, 6.07) is -0.693. The van der Waals surface area contributed by atoms with Crippen molar-refractivity contribution in [3.05, 3.63) is 0 Å². The third-order valence-corrected chi connectivity index (χ3v) is 1.25. The predicted molar refractivity (Wildman–Crippen MR) is 36.6 cm³/mol. The van der Waals surface area contributed by atoms with Gasteiger partial charge in [-0.25, -0.2) is 9.59 Å². The Morgan fingerprint density at radius 3 is 2.75 bits per heavy atom. The molecule has 0 spiro atoms. The van der Waals surface area contributed by atoms with E-state index in [-0.39, 0.29) is 13.0 Å². The van der Waals surface area contributed by atoms with Crippen LogP contribution in [-0.4, -0.2) is 29.5 Å². The Balaban J connectivity index is 2.63. The maximum absolute atomic E-state index is 10.9. The van der Waals surface area contributed by atoms with Crippen molar-refractivity contribution in [1.82, 2.24) is 10.4 Å². The molecule has 0 aromatic carbocycles. The molecule has 6 nitrogen and oxygen atoms in total. The van der Waals surface area contributed by atoms with Crippen molar-refractivity contribution in [3.63, 3.8) is 0 Å². The molecule has 1 fully saturated rings. The van der Waals surface area contributed by atoms with Crippen LogP contribution in [0.25, 0.3) is 0 Å². The van der Waals surface area contributed by atoms with Gasteiger partial charge >= 0.3 is 12.0 Å². The standard InChI is InChI=1S/C6H8N2O4/c1-4(9)12-8-5(10)2-3-7-6(8)11/h2-3H2,1H3,(H,7,11). The Labute approximate surface area is 68.4 Å². The zero-order chi connectivity index (χ0) is 9.14. The molecule has 0 radical (unpaired) electrons. The number of rotatable bonds is 1. The van der Waals surface area contributed by atoms with Gasteiger partial charge in [-0.05, 0) is 0 Å². The minimum Gasteiger partial charge on any atom is -0.335 e. The van der Waals surface area contributed by atoms with Crippen molar-refractivity contribution >= 4 is 17.9 Å². The first-order chi connectivity index (χ1) is 5.61. The molecule has 1 N–H and O–H groups in total. The summed E-state index contributed by atoms with van der Waals surface area (Å²) < 4.78 is 0. The van der Waals surface area contributed by atoms with E-state index in [1.54, 1.807) is 0 Å². The summed E-state index contributed by atoms with van der Waals surface area (Å²) in [4.78, 5) is 36.5. The van der Waals surface area contributed by atoms with Crippen molar-refractivity contribution in [2.75, 3.05) is 6.54 Å². The van der Waals surface area contributed by atoms with Gasteiger partial charge in [-0.3, -0.25) is 4.79 Å². The lowest BCUT2D eigenvalue weighted by atomic mass is 10.3. The van der Waals surface area contributed by atoms with Gasteiger partial charge in [0.2, 0.25) is 0 Å². The Hall–Kier alpha value is -1.59. The average molecular weight is 172 g/mol. The number of nitrogens with one attached hydrogen (secondary N) is 1. The van der Waals surface area contributed by atoms with Gasteiger partial charge in [0.25, 0.3) is 5.91 Å². The van der Waals surface area contributed by atoms with Gasteiger partial charge in [0, 0.05) is 19.9 Å². The highest BCUT2D eigenvalue weighted by molar-refractivity contribution is 5.96. The molecule has 3 amide bonds. The highest BCUT2D eigenvalue weighted by Gasteiger charge is 2.28. The van der Waals surface area contributed by atoms with E-state index in [0.29, 0.717) is 5.06 Å². The molecule has 0 atom stereocenters. The summed E-state index contributed by atoms with van der Waals surface area (Å²) >= 11 is 0. The van der Waals surface area contributed by atoms with Crippen LogP contribution >= 0.6 is 0 Å². The largest absolute Gasteiger partial charge is 0.358 e. The van der Waals surface area contributed by atoms with E-state index in [9.17, 15) is 14.4 Å². The number of hydrogen-bond donors (Lipinski definition) is 1. The van der Waals surface area contributed by atoms with Gasteiger partial charge in [-0.1, -0.05) is 5.06 Å². The van der Waals surface area contributed by atoms with Crippen LogP contribution in [0, 0.1) is 0 Å². The van der Waals surface area contributed by atoms with Gasteiger partial charge in [0.05, 0.1) is 0 Å². The number of carbonyl (C=O) groups is 3. The van der Waals surface area contributed by atoms with E-state index in [1.165, 1.54) is 0 Å². The summed E-state index contributed by atoms with van der Waals surface area (Å²) in [5, 5.41) is 2.79. The van der Waals surface area contributed by atoms with Crippen LogP contribution in [0.1, 0.15) is 13.3 Å². The van der Waals surface area contributed by atoms with Crippen molar-refractivity contribution in [3.8, 4) is 0 Å². The zero-order valence-electron chi connectivity index (χ0n) is 6.49. The van der Waals surface area contributed by atoms with Gasteiger partial charge < -0.3 is 10.2 Å². The van der Waals surface area contributed by atoms with E-state index in [0.717, 1.165) is 6.92 Å². The smallest absolute Gasteiger partial charge is 0.335 e. The Morgan fingerprint density at radius 1 is 1.58 bits per heavy atom. The molecule has 1 aliphatic rings. The Bertz CT molecular complexity index is 222. The lowest BCUT2D eigenvalue weighted by Crippen LogP contribution is -2.50. The molecule has 0 saturated carbocycles. The van der Waals surface area contributed by atoms with Crippen LogP contribution < -0.4 is 5.32 Å². The molecule has 1 saturated heterocycles. The third-order valence-electron chi connectivity index (χ3n) is 1.25. The fourth-order valence-electron chi connectivity index (χ4n) is 0.784. The monoisotopic (exact) mass is 172 g/mol. The number of urea groups is 1. The fraction of sp³-hybridized carbons (Fsp3) is 0.500.